The van der Waals surface area contributed by atoms with Gasteiger partial charge in [0.25, 0.3) is 0 Å². The maximum atomic E-state index is 4.26. The Hall–Kier alpha value is -0.850. The first kappa shape index (κ1) is 18.1. The second-order valence-corrected chi connectivity index (χ2v) is 5.48. The summed E-state index contributed by atoms with van der Waals surface area (Å²) in [5, 5.41) is 6.56. The minimum Gasteiger partial charge on any atom is -0.356 e. The summed E-state index contributed by atoms with van der Waals surface area (Å²) in [6.07, 6.45) is 2.91. The number of hydrogen-bond acceptors (Lipinski definition) is 2. The van der Waals surface area contributed by atoms with Crippen molar-refractivity contribution in [3.63, 3.8) is 0 Å². The molecule has 108 valence electrons. The molecule has 2 N–H and O–H groups in total. The van der Waals surface area contributed by atoms with Crippen molar-refractivity contribution in [3.05, 3.63) is 30.1 Å². The topological polar surface area (TPSA) is 49.3 Å². The van der Waals surface area contributed by atoms with Gasteiger partial charge in [-0.05, 0) is 24.0 Å². The van der Waals surface area contributed by atoms with Crippen LogP contribution in [0, 0.1) is 5.41 Å². The molecule has 0 saturated heterocycles. The summed E-state index contributed by atoms with van der Waals surface area (Å²) < 4.78 is 0. The lowest BCUT2D eigenvalue weighted by atomic mass is 9.92. The maximum absolute atomic E-state index is 4.26. The third-order valence-electron chi connectivity index (χ3n) is 2.55. The molecule has 4 nitrogen and oxygen atoms in total. The summed E-state index contributed by atoms with van der Waals surface area (Å²) in [4.78, 5) is 8.45. The third-order valence-corrected chi connectivity index (χ3v) is 2.55. The van der Waals surface area contributed by atoms with Crippen molar-refractivity contribution in [3.8, 4) is 0 Å². The number of pyridine rings is 1. The van der Waals surface area contributed by atoms with Crippen LogP contribution >= 0.6 is 24.0 Å². The fourth-order valence-corrected chi connectivity index (χ4v) is 1.45. The van der Waals surface area contributed by atoms with Crippen LogP contribution < -0.4 is 10.6 Å². The van der Waals surface area contributed by atoms with E-state index in [0.717, 1.165) is 24.6 Å². The van der Waals surface area contributed by atoms with Gasteiger partial charge in [-0.2, -0.15) is 0 Å². The molecule has 0 atom stereocenters. The number of nitrogens with one attached hydrogen (secondary N) is 2. The van der Waals surface area contributed by atoms with Crippen LogP contribution in [0.15, 0.2) is 29.4 Å². The molecule has 0 fully saturated rings. The van der Waals surface area contributed by atoms with Crippen molar-refractivity contribution in [2.45, 2.75) is 33.7 Å². The van der Waals surface area contributed by atoms with Crippen LogP contribution in [0.1, 0.15) is 32.9 Å². The maximum Gasteiger partial charge on any atom is 0.191 e. The molecule has 1 aromatic rings. The standard InChI is InChI=1S/C14H24N4.HI/c1-14(2,3)8-10-17-13(15-4)18-11-12-7-5-6-9-16-12;/h5-7,9H,8,10-11H2,1-4H3,(H2,15,17,18);1H. The Labute approximate surface area is 133 Å². The van der Waals surface area contributed by atoms with Gasteiger partial charge < -0.3 is 10.6 Å². The van der Waals surface area contributed by atoms with E-state index in [0.29, 0.717) is 12.0 Å². The highest BCUT2D eigenvalue weighted by Gasteiger charge is 2.09. The molecule has 0 spiro atoms. The summed E-state index contributed by atoms with van der Waals surface area (Å²) in [6.45, 7) is 8.32. The zero-order chi connectivity index (χ0) is 13.4. The largest absolute Gasteiger partial charge is 0.356 e. The average molecular weight is 376 g/mol. The minimum absolute atomic E-state index is 0. The van der Waals surface area contributed by atoms with E-state index >= 15 is 0 Å². The first-order valence-electron chi connectivity index (χ1n) is 6.36. The van der Waals surface area contributed by atoms with Gasteiger partial charge in [-0.3, -0.25) is 9.98 Å². The van der Waals surface area contributed by atoms with Gasteiger partial charge in [0.2, 0.25) is 0 Å². The van der Waals surface area contributed by atoms with Crippen molar-refractivity contribution in [1.82, 2.24) is 15.6 Å². The Morgan fingerprint density at radius 3 is 2.53 bits per heavy atom. The van der Waals surface area contributed by atoms with E-state index in [1.54, 1.807) is 13.2 Å². The second kappa shape index (κ2) is 9.12. The van der Waals surface area contributed by atoms with Gasteiger partial charge >= 0.3 is 0 Å². The average Bonchev–Trinajstić information content (AvgIpc) is 2.33. The summed E-state index contributed by atoms with van der Waals surface area (Å²) in [6, 6.07) is 5.90. The minimum atomic E-state index is 0. The van der Waals surface area contributed by atoms with Gasteiger partial charge in [0.1, 0.15) is 0 Å². The van der Waals surface area contributed by atoms with Crippen molar-refractivity contribution in [2.75, 3.05) is 13.6 Å². The van der Waals surface area contributed by atoms with E-state index in [9.17, 15) is 0 Å². The van der Waals surface area contributed by atoms with Crippen molar-refractivity contribution in [1.29, 1.82) is 0 Å². The monoisotopic (exact) mass is 376 g/mol. The smallest absolute Gasteiger partial charge is 0.191 e. The summed E-state index contributed by atoms with van der Waals surface area (Å²) in [7, 11) is 1.78. The summed E-state index contributed by atoms with van der Waals surface area (Å²) in [5.74, 6) is 0.824. The zero-order valence-corrected chi connectivity index (χ0v) is 14.6. The molecule has 0 saturated carbocycles. The van der Waals surface area contributed by atoms with Crippen LogP contribution in [-0.2, 0) is 6.54 Å². The highest BCUT2D eigenvalue weighted by Crippen LogP contribution is 2.16. The number of nitrogens with zero attached hydrogens (tertiary/aromatic N) is 2. The molecular formula is C14H25IN4. The number of aromatic nitrogens is 1. The van der Waals surface area contributed by atoms with Crippen LogP contribution in [-0.4, -0.2) is 24.5 Å². The van der Waals surface area contributed by atoms with E-state index in [2.05, 4.69) is 41.4 Å². The SMILES string of the molecule is CN=C(NCCC(C)(C)C)NCc1ccccn1.I. The lowest BCUT2D eigenvalue weighted by Crippen LogP contribution is -2.38. The molecule has 1 heterocycles. The van der Waals surface area contributed by atoms with E-state index < -0.39 is 0 Å². The lowest BCUT2D eigenvalue weighted by Gasteiger charge is -2.19. The van der Waals surface area contributed by atoms with Gasteiger partial charge in [0.15, 0.2) is 5.96 Å². The fourth-order valence-electron chi connectivity index (χ4n) is 1.45. The van der Waals surface area contributed by atoms with Gasteiger partial charge in [-0.1, -0.05) is 26.8 Å². The normalized spacial score (nSPS) is 11.7. The molecule has 0 amide bonds. The van der Waals surface area contributed by atoms with Crippen molar-refractivity contribution < 1.29 is 0 Å². The van der Waals surface area contributed by atoms with Crippen LogP contribution in [0.2, 0.25) is 0 Å². The van der Waals surface area contributed by atoms with E-state index in [1.165, 1.54) is 0 Å². The van der Waals surface area contributed by atoms with Crippen LogP contribution in [0.4, 0.5) is 0 Å². The zero-order valence-electron chi connectivity index (χ0n) is 12.2. The Morgan fingerprint density at radius 2 is 2.00 bits per heavy atom. The first-order chi connectivity index (χ1) is 8.51. The molecule has 0 unspecified atom stereocenters. The van der Waals surface area contributed by atoms with E-state index in [-0.39, 0.29) is 24.0 Å². The van der Waals surface area contributed by atoms with Gasteiger partial charge in [-0.15, -0.1) is 24.0 Å². The molecule has 1 rings (SSSR count). The van der Waals surface area contributed by atoms with Crippen LogP contribution in [0.5, 0.6) is 0 Å². The van der Waals surface area contributed by atoms with Gasteiger partial charge in [-0.25, -0.2) is 0 Å². The second-order valence-electron chi connectivity index (χ2n) is 5.48. The number of rotatable bonds is 4. The van der Waals surface area contributed by atoms with E-state index in [1.807, 2.05) is 18.2 Å². The first-order valence-corrected chi connectivity index (χ1v) is 6.36. The molecule has 0 aliphatic carbocycles. The molecule has 1 aromatic heterocycles. The Bertz CT molecular complexity index is 371. The van der Waals surface area contributed by atoms with E-state index in [4.69, 9.17) is 0 Å². The number of halogens is 1. The van der Waals surface area contributed by atoms with Gasteiger partial charge in [0.05, 0.1) is 12.2 Å². The Morgan fingerprint density at radius 1 is 1.26 bits per heavy atom. The van der Waals surface area contributed by atoms with Crippen LogP contribution in [0.25, 0.3) is 0 Å². The predicted octanol–water partition coefficient (Wildman–Crippen LogP) is 2.80. The predicted molar refractivity (Wildman–Crippen MR) is 91.9 cm³/mol. The molecule has 0 aromatic carbocycles. The van der Waals surface area contributed by atoms with Gasteiger partial charge in [0, 0.05) is 19.8 Å². The quantitative estimate of drug-likeness (QED) is 0.483. The molecule has 5 heteroatoms. The fraction of sp³-hybridized carbons (Fsp3) is 0.571. The van der Waals surface area contributed by atoms with Crippen molar-refractivity contribution >= 4 is 29.9 Å². The number of aliphatic imine (C=N–C) groups is 1. The third kappa shape index (κ3) is 8.80. The Balaban J connectivity index is 0.00000324. The highest BCUT2D eigenvalue weighted by atomic mass is 127. The lowest BCUT2D eigenvalue weighted by molar-refractivity contribution is 0.377. The van der Waals surface area contributed by atoms with Crippen LogP contribution in [0.3, 0.4) is 0 Å². The molecule has 0 aliphatic heterocycles. The molecule has 0 radical (unpaired) electrons. The van der Waals surface area contributed by atoms with Crippen molar-refractivity contribution in [2.24, 2.45) is 10.4 Å². The highest BCUT2D eigenvalue weighted by molar-refractivity contribution is 14.0. The Kier molecular flexibility index (Phi) is 8.71. The summed E-state index contributed by atoms with van der Waals surface area (Å²) in [5.41, 5.74) is 1.35. The molecule has 0 aliphatic rings. The molecule has 19 heavy (non-hydrogen) atoms. The summed E-state index contributed by atoms with van der Waals surface area (Å²) >= 11 is 0. The number of guanidine groups is 1. The molecular weight excluding hydrogens is 351 g/mol. The molecule has 0 bridgehead atoms. The number of hydrogen-bond donors (Lipinski definition) is 2.